The minimum Gasteiger partial charge on any atom is -0.379 e. The molecule has 0 atom stereocenters. The van der Waals surface area contributed by atoms with Gasteiger partial charge in [-0.15, -0.1) is 5.10 Å². The van der Waals surface area contributed by atoms with Gasteiger partial charge in [-0.3, -0.25) is 9.59 Å². The average molecular weight is 516 g/mol. The topological polar surface area (TPSA) is 167 Å². The van der Waals surface area contributed by atoms with Crippen LogP contribution in [0, 0.1) is 10.9 Å². The third kappa shape index (κ3) is 4.55. The quantitative estimate of drug-likeness (QED) is 0.136. The van der Waals surface area contributed by atoms with E-state index in [9.17, 15) is 18.0 Å². The second-order valence-corrected chi connectivity index (χ2v) is 9.99. The van der Waals surface area contributed by atoms with E-state index in [-0.39, 0.29) is 21.9 Å². The molecule has 0 heterocycles. The van der Waals surface area contributed by atoms with E-state index in [0.29, 0.717) is 0 Å². The van der Waals surface area contributed by atoms with Crippen LogP contribution < -0.4 is 25.8 Å². The third-order valence-corrected chi connectivity index (χ3v) is 7.29. The summed E-state index contributed by atoms with van der Waals surface area (Å²) in [7, 11) is -4.59. The lowest BCUT2D eigenvalue weighted by Crippen LogP contribution is -2.48. The van der Waals surface area contributed by atoms with Gasteiger partial charge in [-0.2, -0.15) is 13.9 Å². The van der Waals surface area contributed by atoms with Gasteiger partial charge in [0.15, 0.2) is 15.8 Å². The van der Waals surface area contributed by atoms with E-state index in [4.69, 9.17) is 15.1 Å². The Bertz CT molecular complexity index is 1900. The van der Waals surface area contributed by atoms with Crippen molar-refractivity contribution < 1.29 is 12.6 Å². The first-order valence-electron chi connectivity index (χ1n) is 10.8. The zero-order valence-corrected chi connectivity index (χ0v) is 20.4. The summed E-state index contributed by atoms with van der Waals surface area (Å²) in [5.74, 6) is 0.00353. The molecule has 0 aliphatic carbocycles. The van der Waals surface area contributed by atoms with Crippen LogP contribution in [-0.4, -0.2) is 8.42 Å². The number of benzene rings is 4. The van der Waals surface area contributed by atoms with E-state index in [0.717, 1.165) is 17.2 Å². The Morgan fingerprint density at radius 2 is 1.51 bits per heavy atom. The minimum atomic E-state index is -4.59. The molecule has 0 aliphatic heterocycles. The molecule has 0 spiro atoms. The van der Waals surface area contributed by atoms with Gasteiger partial charge in [-0.1, -0.05) is 73.7 Å². The highest BCUT2D eigenvalue weighted by molar-refractivity contribution is 7.87. The molecule has 0 unspecified atom stereocenters. The predicted octanol–water partition coefficient (Wildman–Crippen LogP) is 3.04. The van der Waals surface area contributed by atoms with E-state index in [1.54, 1.807) is 12.1 Å². The van der Waals surface area contributed by atoms with Gasteiger partial charge in [-0.05, 0) is 29.3 Å². The monoisotopic (exact) mass is 515 g/mol. The molecule has 4 rings (SSSR count). The second-order valence-electron chi connectivity index (χ2n) is 8.48. The van der Waals surface area contributed by atoms with Crippen LogP contribution >= 0.6 is 0 Å². The molecular formula is C25H19N6O5S+. The second kappa shape index (κ2) is 9.63. The van der Waals surface area contributed by atoms with Crippen LogP contribution in [0.25, 0.3) is 15.9 Å². The molecule has 37 heavy (non-hydrogen) atoms. The number of rotatable bonds is 6. The highest BCUT2D eigenvalue weighted by Gasteiger charge is 2.26. The normalized spacial score (nSPS) is 12.9. The number of nitrogens with one attached hydrogen (secondary N) is 1. The summed E-state index contributed by atoms with van der Waals surface area (Å²) in [6.07, 6.45) is 0. The fourth-order valence-electron chi connectivity index (χ4n) is 4.03. The first-order valence-corrected chi connectivity index (χ1v) is 12.2. The molecule has 12 heteroatoms. The van der Waals surface area contributed by atoms with Crippen LogP contribution in [-0.2, 0) is 15.5 Å². The largest absolute Gasteiger partial charge is 0.379 e. The maximum absolute atomic E-state index is 13.3. The zero-order valence-electron chi connectivity index (χ0n) is 19.6. The van der Waals surface area contributed by atoms with Gasteiger partial charge >= 0.3 is 15.2 Å². The Labute approximate surface area is 210 Å². The predicted molar refractivity (Wildman–Crippen MR) is 133 cm³/mol. The standard InChI is InChI=1S/C25H19N6O5S/c1-25(2,15-7-4-3-5-8-15)16-11-13-17(14-12-16)36-37(34,35)19-10-6-9-18-20(19)21(28-30-26)22(29-31-27)24(33)23(18)32/h3-14,27H,1-2H3/q+1. The van der Waals surface area contributed by atoms with Crippen molar-refractivity contribution in [2.75, 3.05) is 0 Å². The Morgan fingerprint density at radius 1 is 0.865 bits per heavy atom. The molecule has 1 N–H and O–H groups in total. The highest BCUT2D eigenvalue weighted by atomic mass is 32.2. The molecule has 0 bridgehead atoms. The van der Waals surface area contributed by atoms with Crippen LogP contribution in [0.5, 0.6) is 5.75 Å². The number of diazo groups is 1. The summed E-state index contributed by atoms with van der Waals surface area (Å²) in [6.45, 7) is 4.08. The Hall–Kier alpha value is -4.89. The molecule has 0 fully saturated rings. The van der Waals surface area contributed by atoms with Gasteiger partial charge in [0.2, 0.25) is 5.43 Å². The summed E-state index contributed by atoms with van der Waals surface area (Å²) in [4.78, 5) is 24.5. The van der Waals surface area contributed by atoms with Crippen molar-refractivity contribution in [3.05, 3.63) is 120 Å². The van der Waals surface area contributed by atoms with E-state index < -0.39 is 36.6 Å². The van der Waals surface area contributed by atoms with Gasteiger partial charge in [0.1, 0.15) is 10.6 Å². The molecule has 0 saturated heterocycles. The van der Waals surface area contributed by atoms with Crippen molar-refractivity contribution in [2.24, 2.45) is 15.4 Å². The van der Waals surface area contributed by atoms with Crippen LogP contribution in [0.2, 0.25) is 0 Å². The Morgan fingerprint density at radius 3 is 2.14 bits per heavy atom. The Kier molecular flexibility index (Phi) is 6.56. The maximum Gasteiger partial charge on any atom is 0.339 e. The van der Waals surface area contributed by atoms with E-state index >= 15 is 0 Å². The van der Waals surface area contributed by atoms with Gasteiger partial charge in [-0.25, -0.2) is 0 Å². The summed E-state index contributed by atoms with van der Waals surface area (Å²) in [6, 6.07) is 19.9. The summed E-state index contributed by atoms with van der Waals surface area (Å²) < 4.78 is 32.0. The molecule has 4 aromatic carbocycles. The van der Waals surface area contributed by atoms with E-state index in [1.807, 2.05) is 44.2 Å². The summed E-state index contributed by atoms with van der Waals surface area (Å²) >= 11 is 0. The molecule has 0 aromatic heterocycles. The molecule has 184 valence electrons. The SMILES string of the molecule is CC(C)(c1ccccc1)c1ccc(OS(=O)(=O)c2cccc3c(=O)c(=O)c(=NN=N)c(=N[N+]#N)c23)cc1. The molecule has 0 aliphatic rings. The summed E-state index contributed by atoms with van der Waals surface area (Å²) in [5.41, 5.74) is 6.29. The van der Waals surface area contributed by atoms with Crippen LogP contribution in [0.3, 0.4) is 0 Å². The first-order chi connectivity index (χ1) is 17.6. The lowest BCUT2D eigenvalue weighted by atomic mass is 9.78. The maximum atomic E-state index is 13.3. The van der Waals surface area contributed by atoms with Gasteiger partial charge in [0.05, 0.1) is 0 Å². The molecule has 11 nitrogen and oxygen atoms in total. The van der Waals surface area contributed by atoms with E-state index in [1.165, 1.54) is 24.3 Å². The zero-order chi connectivity index (χ0) is 26.8. The Balaban J connectivity index is 1.84. The minimum absolute atomic E-state index is 0.00353. The molecule has 0 amide bonds. The number of nitrogens with zero attached hydrogens (tertiary/aromatic N) is 5. The molecular weight excluding hydrogens is 496 g/mol. The number of hydrogen-bond acceptors (Lipinski definition) is 9. The van der Waals surface area contributed by atoms with Gasteiger partial charge in [0.25, 0.3) is 10.8 Å². The fraction of sp³-hybridized carbons (Fsp3) is 0.120. The number of fused-ring (bicyclic) bond motifs is 1. The molecule has 4 aromatic rings. The van der Waals surface area contributed by atoms with Gasteiger partial charge in [0, 0.05) is 16.2 Å². The van der Waals surface area contributed by atoms with Crippen molar-refractivity contribution in [2.45, 2.75) is 24.2 Å². The average Bonchev–Trinajstić information content (AvgIpc) is 2.89. The van der Waals surface area contributed by atoms with Crippen molar-refractivity contribution in [1.82, 2.24) is 0 Å². The van der Waals surface area contributed by atoms with Crippen LogP contribution in [0.15, 0.2) is 103 Å². The smallest absolute Gasteiger partial charge is 0.339 e. The first kappa shape index (κ1) is 25.2. The molecule has 0 saturated carbocycles. The van der Waals surface area contributed by atoms with E-state index in [2.05, 4.69) is 20.5 Å². The highest BCUT2D eigenvalue weighted by Crippen LogP contribution is 2.32. The van der Waals surface area contributed by atoms with Crippen molar-refractivity contribution in [1.29, 1.82) is 10.9 Å². The van der Waals surface area contributed by atoms with Crippen molar-refractivity contribution in [3.63, 3.8) is 0 Å². The fourth-order valence-corrected chi connectivity index (χ4v) is 5.19. The molecule has 0 radical (unpaired) electrons. The van der Waals surface area contributed by atoms with Crippen molar-refractivity contribution >= 4 is 20.9 Å². The van der Waals surface area contributed by atoms with Gasteiger partial charge < -0.3 is 4.18 Å². The van der Waals surface area contributed by atoms with Crippen molar-refractivity contribution in [3.8, 4) is 5.75 Å². The third-order valence-electron chi connectivity index (χ3n) is 5.99. The van der Waals surface area contributed by atoms with Crippen LogP contribution in [0.4, 0.5) is 0 Å². The summed E-state index contributed by atoms with van der Waals surface area (Å²) in [5, 5.41) is 19.1. The lowest BCUT2D eigenvalue weighted by molar-refractivity contribution is 0.486. The lowest BCUT2D eigenvalue weighted by Gasteiger charge is -2.26. The van der Waals surface area contributed by atoms with Crippen LogP contribution in [0.1, 0.15) is 25.0 Å². The number of hydrogen-bond donors (Lipinski definition) is 1.